The standard InChI is InChI=1S/C21H23FN6O2S/c1-12-5-17-19(31-12)18(20(30)24-4-3-14-9-28(10-14)11-29)27-21(26-17)25-13(2)15-6-16(22)8-23-7-15/h5-8,11,13-14H,3-4,9-10H2,1-2H3,(H,24,30)(H,25,26,27)/t13-/m0/s1. The van der Waals surface area contributed by atoms with Gasteiger partial charge in [-0.1, -0.05) is 0 Å². The van der Waals surface area contributed by atoms with Crippen LogP contribution in [-0.4, -0.2) is 51.8 Å². The summed E-state index contributed by atoms with van der Waals surface area (Å²) in [6.45, 7) is 5.80. The van der Waals surface area contributed by atoms with Crippen LogP contribution >= 0.6 is 11.3 Å². The number of anilines is 1. The van der Waals surface area contributed by atoms with Gasteiger partial charge in [0.25, 0.3) is 5.91 Å². The van der Waals surface area contributed by atoms with E-state index in [0.29, 0.717) is 35.2 Å². The molecule has 3 aromatic rings. The summed E-state index contributed by atoms with van der Waals surface area (Å²) in [6.07, 6.45) is 4.38. The fourth-order valence-electron chi connectivity index (χ4n) is 3.56. The molecule has 0 aromatic carbocycles. The molecule has 2 N–H and O–H groups in total. The van der Waals surface area contributed by atoms with E-state index >= 15 is 0 Å². The predicted molar refractivity (Wildman–Crippen MR) is 116 cm³/mol. The summed E-state index contributed by atoms with van der Waals surface area (Å²) in [5.41, 5.74) is 1.66. The van der Waals surface area contributed by atoms with E-state index in [9.17, 15) is 14.0 Å². The molecule has 0 unspecified atom stereocenters. The zero-order valence-corrected chi connectivity index (χ0v) is 18.1. The van der Waals surface area contributed by atoms with Gasteiger partial charge in [-0.3, -0.25) is 14.6 Å². The first-order valence-corrected chi connectivity index (χ1v) is 10.9. The van der Waals surface area contributed by atoms with Crippen LogP contribution in [0.25, 0.3) is 10.2 Å². The Kier molecular flexibility index (Phi) is 6.08. The number of amides is 2. The van der Waals surface area contributed by atoms with E-state index in [1.54, 1.807) is 11.1 Å². The normalized spacial score (nSPS) is 14.9. The van der Waals surface area contributed by atoms with Gasteiger partial charge in [-0.2, -0.15) is 0 Å². The molecule has 0 radical (unpaired) electrons. The second kappa shape index (κ2) is 8.93. The van der Waals surface area contributed by atoms with Crippen molar-refractivity contribution in [1.82, 2.24) is 25.2 Å². The molecule has 2 amide bonds. The summed E-state index contributed by atoms with van der Waals surface area (Å²) in [4.78, 5) is 39.1. The molecule has 162 valence electrons. The first kappa shape index (κ1) is 21.1. The molecule has 10 heteroatoms. The van der Waals surface area contributed by atoms with Crippen molar-refractivity contribution < 1.29 is 14.0 Å². The van der Waals surface area contributed by atoms with Gasteiger partial charge < -0.3 is 15.5 Å². The Hall–Kier alpha value is -3.14. The van der Waals surface area contributed by atoms with E-state index in [4.69, 9.17) is 0 Å². The second-order valence-corrected chi connectivity index (χ2v) is 9.00. The number of hydrogen-bond acceptors (Lipinski definition) is 7. The first-order valence-electron chi connectivity index (χ1n) is 10.1. The van der Waals surface area contributed by atoms with Crippen LogP contribution in [0.15, 0.2) is 24.5 Å². The van der Waals surface area contributed by atoms with E-state index in [-0.39, 0.29) is 11.9 Å². The number of carbonyl (C=O) groups is 2. The van der Waals surface area contributed by atoms with E-state index in [0.717, 1.165) is 41.7 Å². The van der Waals surface area contributed by atoms with Crippen molar-refractivity contribution in [2.24, 2.45) is 5.92 Å². The molecule has 0 saturated carbocycles. The lowest BCUT2D eigenvalue weighted by molar-refractivity contribution is -0.123. The van der Waals surface area contributed by atoms with Crippen LogP contribution in [0.5, 0.6) is 0 Å². The van der Waals surface area contributed by atoms with Crippen molar-refractivity contribution in [2.45, 2.75) is 26.3 Å². The van der Waals surface area contributed by atoms with Gasteiger partial charge in [0.15, 0.2) is 5.69 Å². The van der Waals surface area contributed by atoms with E-state index in [1.807, 2.05) is 19.9 Å². The SMILES string of the molecule is Cc1cc2nc(N[C@@H](C)c3cncc(F)c3)nc(C(=O)NCCC3CN(C=O)C3)c2s1. The Morgan fingerprint density at radius 1 is 1.35 bits per heavy atom. The average Bonchev–Trinajstić information content (AvgIpc) is 3.08. The van der Waals surface area contributed by atoms with Crippen molar-refractivity contribution in [1.29, 1.82) is 0 Å². The highest BCUT2D eigenvalue weighted by molar-refractivity contribution is 7.19. The third-order valence-corrected chi connectivity index (χ3v) is 6.30. The van der Waals surface area contributed by atoms with Crippen molar-refractivity contribution in [3.63, 3.8) is 0 Å². The molecule has 4 heterocycles. The highest BCUT2D eigenvalue weighted by atomic mass is 32.1. The molecule has 1 atom stereocenters. The van der Waals surface area contributed by atoms with Crippen molar-refractivity contribution in [3.05, 3.63) is 46.5 Å². The molecule has 1 fully saturated rings. The van der Waals surface area contributed by atoms with Crippen LogP contribution in [0.3, 0.4) is 0 Å². The Bertz CT molecular complexity index is 1110. The Morgan fingerprint density at radius 2 is 2.16 bits per heavy atom. The predicted octanol–water partition coefficient (Wildman–Crippen LogP) is 2.92. The second-order valence-electron chi connectivity index (χ2n) is 7.74. The summed E-state index contributed by atoms with van der Waals surface area (Å²) in [5, 5.41) is 6.08. The van der Waals surface area contributed by atoms with Crippen molar-refractivity contribution in [3.8, 4) is 0 Å². The number of aromatic nitrogens is 3. The highest BCUT2D eigenvalue weighted by Crippen LogP contribution is 2.28. The van der Waals surface area contributed by atoms with Gasteiger partial charge in [0.2, 0.25) is 12.4 Å². The number of pyridine rings is 1. The van der Waals surface area contributed by atoms with Gasteiger partial charge in [0, 0.05) is 30.7 Å². The van der Waals surface area contributed by atoms with Crippen LogP contribution in [0.1, 0.15) is 40.3 Å². The summed E-state index contributed by atoms with van der Waals surface area (Å²) in [5.74, 6) is 0.0356. The molecule has 31 heavy (non-hydrogen) atoms. The first-order chi connectivity index (χ1) is 14.9. The average molecular weight is 443 g/mol. The summed E-state index contributed by atoms with van der Waals surface area (Å²) in [7, 11) is 0. The van der Waals surface area contributed by atoms with Crippen LogP contribution in [0.4, 0.5) is 10.3 Å². The maximum atomic E-state index is 13.5. The highest BCUT2D eigenvalue weighted by Gasteiger charge is 2.25. The molecule has 0 bridgehead atoms. The fourth-order valence-corrected chi connectivity index (χ4v) is 4.50. The van der Waals surface area contributed by atoms with E-state index in [2.05, 4.69) is 25.6 Å². The summed E-state index contributed by atoms with van der Waals surface area (Å²) >= 11 is 1.47. The minimum Gasteiger partial charge on any atom is -0.351 e. The quantitative estimate of drug-likeness (QED) is 0.521. The smallest absolute Gasteiger partial charge is 0.271 e. The number of aryl methyl sites for hydroxylation is 1. The number of carbonyl (C=O) groups excluding carboxylic acids is 2. The third kappa shape index (κ3) is 4.79. The minimum atomic E-state index is -0.418. The molecule has 1 aliphatic heterocycles. The summed E-state index contributed by atoms with van der Waals surface area (Å²) in [6, 6.07) is 3.02. The Balaban J connectivity index is 1.49. The van der Waals surface area contributed by atoms with E-state index < -0.39 is 5.82 Å². The number of likely N-dealkylation sites (tertiary alicyclic amines) is 1. The number of nitrogens with one attached hydrogen (secondary N) is 2. The van der Waals surface area contributed by atoms with Gasteiger partial charge in [0.1, 0.15) is 5.82 Å². The van der Waals surface area contributed by atoms with Crippen LogP contribution in [0, 0.1) is 18.7 Å². The molecule has 8 nitrogen and oxygen atoms in total. The minimum absolute atomic E-state index is 0.260. The lowest BCUT2D eigenvalue weighted by Crippen LogP contribution is -2.46. The molecule has 0 spiro atoms. The maximum absolute atomic E-state index is 13.5. The zero-order valence-electron chi connectivity index (χ0n) is 17.3. The van der Waals surface area contributed by atoms with Gasteiger partial charge in [-0.15, -0.1) is 11.3 Å². The molecular formula is C21H23FN6O2S. The molecule has 0 aliphatic carbocycles. The number of hydrogen-bond donors (Lipinski definition) is 2. The van der Waals surface area contributed by atoms with Gasteiger partial charge in [-0.25, -0.2) is 14.4 Å². The maximum Gasteiger partial charge on any atom is 0.271 e. The topological polar surface area (TPSA) is 100 Å². The summed E-state index contributed by atoms with van der Waals surface area (Å²) < 4.78 is 14.2. The number of halogens is 1. The third-order valence-electron chi connectivity index (χ3n) is 5.25. The van der Waals surface area contributed by atoms with Crippen molar-refractivity contribution >= 4 is 39.8 Å². The molecular weight excluding hydrogens is 419 g/mol. The monoisotopic (exact) mass is 442 g/mol. The Morgan fingerprint density at radius 3 is 2.90 bits per heavy atom. The van der Waals surface area contributed by atoms with Crippen molar-refractivity contribution in [2.75, 3.05) is 25.0 Å². The van der Waals surface area contributed by atoms with Gasteiger partial charge in [-0.05, 0) is 43.9 Å². The van der Waals surface area contributed by atoms with Crippen LogP contribution < -0.4 is 10.6 Å². The largest absolute Gasteiger partial charge is 0.351 e. The lowest BCUT2D eigenvalue weighted by atomic mass is 9.97. The Labute approximate surface area is 182 Å². The fraction of sp³-hybridized carbons (Fsp3) is 0.381. The van der Waals surface area contributed by atoms with E-state index in [1.165, 1.54) is 17.4 Å². The molecule has 4 rings (SSSR count). The lowest BCUT2D eigenvalue weighted by Gasteiger charge is -2.36. The van der Waals surface area contributed by atoms with Crippen LogP contribution in [0.2, 0.25) is 0 Å². The number of fused-ring (bicyclic) bond motifs is 1. The zero-order chi connectivity index (χ0) is 22.0. The van der Waals surface area contributed by atoms with Gasteiger partial charge >= 0.3 is 0 Å². The number of rotatable bonds is 8. The van der Waals surface area contributed by atoms with Gasteiger partial charge in [0.05, 0.1) is 22.5 Å². The molecule has 3 aromatic heterocycles. The molecule has 1 saturated heterocycles. The number of thiophene rings is 1. The number of nitrogens with zero attached hydrogens (tertiary/aromatic N) is 4. The van der Waals surface area contributed by atoms with Crippen LogP contribution in [-0.2, 0) is 4.79 Å². The molecule has 1 aliphatic rings.